The second kappa shape index (κ2) is 2.86. The van der Waals surface area contributed by atoms with Gasteiger partial charge in [-0.25, -0.2) is 9.59 Å². The molecule has 0 aromatic carbocycles. The van der Waals surface area contributed by atoms with Gasteiger partial charge in [-0.2, -0.15) is 20.2 Å². The normalized spacial score (nSPS) is 15.0. The number of nitrogens with zero attached hydrogens (tertiary/aromatic N) is 4. The summed E-state index contributed by atoms with van der Waals surface area (Å²) in [6.07, 6.45) is 1.96. The van der Waals surface area contributed by atoms with Crippen LogP contribution in [0.4, 0.5) is 9.59 Å². The first-order chi connectivity index (χ1) is 5.61. The average Bonchev–Trinajstić information content (AvgIpc) is 2.04. The molecule has 0 saturated carbocycles. The third kappa shape index (κ3) is 1.48. The van der Waals surface area contributed by atoms with Gasteiger partial charge in [-0.3, -0.25) is 0 Å². The predicted octanol–water partition coefficient (Wildman–Crippen LogP) is -1.35. The molecule has 4 amide bonds. The molecule has 12 heavy (non-hydrogen) atoms. The molecule has 0 spiro atoms. The highest BCUT2D eigenvalue weighted by molar-refractivity contribution is 5.91. The van der Waals surface area contributed by atoms with Gasteiger partial charge < -0.3 is 11.5 Å². The molecule has 0 fully saturated rings. The summed E-state index contributed by atoms with van der Waals surface area (Å²) in [6, 6.07) is -1.58. The second-order valence-corrected chi connectivity index (χ2v) is 1.83. The Kier molecular flexibility index (Phi) is 1.90. The molecule has 0 aromatic heterocycles. The van der Waals surface area contributed by atoms with Gasteiger partial charge in [0.05, 0.1) is 0 Å². The molecule has 1 rings (SSSR count). The molecule has 1 heterocycles. The van der Waals surface area contributed by atoms with E-state index in [1.807, 2.05) is 0 Å². The molecule has 0 unspecified atom stereocenters. The van der Waals surface area contributed by atoms with E-state index in [0.717, 1.165) is 22.7 Å². The van der Waals surface area contributed by atoms with Crippen molar-refractivity contribution in [1.82, 2.24) is 10.0 Å². The number of hydrazone groups is 2. The first-order valence-corrected chi connectivity index (χ1v) is 2.87. The van der Waals surface area contributed by atoms with Crippen LogP contribution in [0.5, 0.6) is 0 Å². The van der Waals surface area contributed by atoms with Crippen LogP contribution < -0.4 is 11.5 Å². The van der Waals surface area contributed by atoms with Crippen LogP contribution in [0.2, 0.25) is 0 Å². The summed E-state index contributed by atoms with van der Waals surface area (Å²) in [7, 11) is 0. The number of carbonyl (C=O) groups is 2. The summed E-state index contributed by atoms with van der Waals surface area (Å²) < 4.78 is 0. The summed E-state index contributed by atoms with van der Waals surface area (Å²) in [4.78, 5) is 20.9. The Morgan fingerprint density at radius 1 is 1.00 bits per heavy atom. The molecule has 64 valence electrons. The minimum Gasteiger partial charge on any atom is -0.350 e. The van der Waals surface area contributed by atoms with Crippen molar-refractivity contribution in [3.63, 3.8) is 0 Å². The van der Waals surface area contributed by atoms with Crippen molar-refractivity contribution >= 4 is 24.7 Å². The first kappa shape index (κ1) is 7.98. The Morgan fingerprint density at radius 2 is 1.33 bits per heavy atom. The fraction of sp³-hybridized carbons (Fsp3) is 0. The number of urea groups is 2. The maximum absolute atomic E-state index is 10.4. The third-order valence-electron chi connectivity index (χ3n) is 1.02. The molecule has 0 aromatic rings. The van der Waals surface area contributed by atoms with E-state index in [1.165, 1.54) is 0 Å². The highest BCUT2D eigenvalue weighted by atomic mass is 16.2. The predicted molar refractivity (Wildman–Crippen MR) is 39.8 cm³/mol. The zero-order valence-corrected chi connectivity index (χ0v) is 5.91. The van der Waals surface area contributed by atoms with Gasteiger partial charge in [0.15, 0.2) is 0 Å². The highest BCUT2D eigenvalue weighted by Crippen LogP contribution is 1.94. The lowest BCUT2D eigenvalue weighted by Crippen LogP contribution is -2.39. The second-order valence-electron chi connectivity index (χ2n) is 1.83. The number of hydrogen-bond donors (Lipinski definition) is 2. The van der Waals surface area contributed by atoms with Crippen LogP contribution in [0.1, 0.15) is 0 Å². The summed E-state index contributed by atoms with van der Waals surface area (Å²) in [6.45, 7) is 0. The van der Waals surface area contributed by atoms with Crippen molar-refractivity contribution in [2.45, 2.75) is 0 Å². The lowest BCUT2D eigenvalue weighted by molar-refractivity contribution is 0.223. The van der Waals surface area contributed by atoms with E-state index in [1.54, 1.807) is 0 Å². The molecule has 0 aliphatic carbocycles. The molecule has 0 bridgehead atoms. The summed E-state index contributed by atoms with van der Waals surface area (Å²) in [5, 5.41) is 8.41. The Hall–Kier alpha value is -2.12. The number of hydrogen-bond acceptors (Lipinski definition) is 4. The van der Waals surface area contributed by atoms with E-state index in [4.69, 9.17) is 11.5 Å². The Morgan fingerprint density at radius 3 is 1.50 bits per heavy atom. The zero-order chi connectivity index (χ0) is 9.14. The van der Waals surface area contributed by atoms with E-state index >= 15 is 0 Å². The fourth-order valence-electron chi connectivity index (χ4n) is 0.496. The summed E-state index contributed by atoms with van der Waals surface area (Å²) in [5.41, 5.74) is 9.67. The SMILES string of the molecule is NC(=O)N1C=NN(C(N)=O)C=N1. The molecule has 1 aliphatic heterocycles. The molecule has 4 N–H and O–H groups in total. The molecular weight excluding hydrogens is 164 g/mol. The van der Waals surface area contributed by atoms with Crippen molar-refractivity contribution in [1.29, 1.82) is 0 Å². The molecule has 0 atom stereocenters. The first-order valence-electron chi connectivity index (χ1n) is 2.87. The van der Waals surface area contributed by atoms with Crippen LogP contribution in [-0.4, -0.2) is 34.8 Å². The quantitative estimate of drug-likeness (QED) is 0.467. The van der Waals surface area contributed by atoms with E-state index in [-0.39, 0.29) is 0 Å². The van der Waals surface area contributed by atoms with Gasteiger partial charge in [-0.1, -0.05) is 0 Å². The van der Waals surface area contributed by atoms with Crippen molar-refractivity contribution in [2.24, 2.45) is 21.7 Å². The van der Waals surface area contributed by atoms with Gasteiger partial charge in [-0.15, -0.1) is 0 Å². The van der Waals surface area contributed by atoms with Gasteiger partial charge in [0.25, 0.3) is 0 Å². The van der Waals surface area contributed by atoms with E-state index < -0.39 is 12.1 Å². The van der Waals surface area contributed by atoms with Gasteiger partial charge in [0.1, 0.15) is 12.7 Å². The van der Waals surface area contributed by atoms with Crippen molar-refractivity contribution in [3.05, 3.63) is 0 Å². The number of amides is 4. The molecular formula is C4H6N6O2. The van der Waals surface area contributed by atoms with Gasteiger partial charge in [-0.05, 0) is 0 Å². The topological polar surface area (TPSA) is 117 Å². The Balaban J connectivity index is 2.66. The molecule has 1 aliphatic rings. The lowest BCUT2D eigenvalue weighted by Gasteiger charge is -2.15. The van der Waals surface area contributed by atoms with Crippen molar-refractivity contribution in [3.8, 4) is 0 Å². The maximum Gasteiger partial charge on any atom is 0.341 e. The van der Waals surface area contributed by atoms with Gasteiger partial charge >= 0.3 is 12.1 Å². The monoisotopic (exact) mass is 170 g/mol. The minimum absolute atomic E-state index is 0.763. The van der Waals surface area contributed by atoms with Crippen LogP contribution in [-0.2, 0) is 0 Å². The van der Waals surface area contributed by atoms with Crippen LogP contribution in [0.25, 0.3) is 0 Å². The van der Waals surface area contributed by atoms with Crippen LogP contribution in [0, 0.1) is 0 Å². The minimum atomic E-state index is -0.792. The van der Waals surface area contributed by atoms with Crippen molar-refractivity contribution < 1.29 is 9.59 Å². The summed E-state index contributed by atoms with van der Waals surface area (Å²) >= 11 is 0. The fourth-order valence-corrected chi connectivity index (χ4v) is 0.496. The summed E-state index contributed by atoms with van der Waals surface area (Å²) in [5.74, 6) is 0. The molecule has 8 heteroatoms. The largest absolute Gasteiger partial charge is 0.350 e. The average molecular weight is 170 g/mol. The Labute approximate surface area is 67.1 Å². The standard InChI is InChI=1S/C4H6N6O2/c5-3(11)9-1-7-10(2-8-9)4(6)12/h1-2H,(H2,5,11)(H2,6,12). The van der Waals surface area contributed by atoms with Crippen LogP contribution in [0.15, 0.2) is 10.2 Å². The van der Waals surface area contributed by atoms with Crippen molar-refractivity contribution in [2.75, 3.05) is 0 Å². The van der Waals surface area contributed by atoms with E-state index in [9.17, 15) is 9.59 Å². The number of primary amides is 2. The van der Waals surface area contributed by atoms with Crippen LogP contribution >= 0.6 is 0 Å². The highest BCUT2D eigenvalue weighted by Gasteiger charge is 2.12. The molecule has 0 radical (unpaired) electrons. The Bertz CT molecular complexity index is 231. The lowest BCUT2D eigenvalue weighted by atomic mass is 10.9. The molecule has 0 saturated heterocycles. The number of nitrogens with two attached hydrogens (primary N) is 2. The van der Waals surface area contributed by atoms with Gasteiger partial charge in [0, 0.05) is 0 Å². The van der Waals surface area contributed by atoms with Crippen LogP contribution in [0.3, 0.4) is 0 Å². The van der Waals surface area contributed by atoms with E-state index in [2.05, 4.69) is 10.2 Å². The smallest absolute Gasteiger partial charge is 0.341 e. The number of rotatable bonds is 0. The third-order valence-corrected chi connectivity index (χ3v) is 1.02. The van der Waals surface area contributed by atoms with Gasteiger partial charge in [0.2, 0.25) is 0 Å². The maximum atomic E-state index is 10.4. The molecule has 8 nitrogen and oxygen atoms in total. The number of carbonyl (C=O) groups excluding carboxylic acids is 2. The van der Waals surface area contributed by atoms with E-state index in [0.29, 0.717) is 0 Å². The zero-order valence-electron chi connectivity index (χ0n) is 5.91.